The second-order valence-corrected chi connectivity index (χ2v) is 7.18. The Labute approximate surface area is 137 Å². The summed E-state index contributed by atoms with van der Waals surface area (Å²) in [5.41, 5.74) is -1.70. The van der Waals surface area contributed by atoms with Crippen LogP contribution in [-0.2, 0) is 25.7 Å². The number of hydrogen-bond acceptors (Lipinski definition) is 4. The summed E-state index contributed by atoms with van der Waals surface area (Å²) in [6.07, 6.45) is -4.96. The molecule has 0 heterocycles. The molecule has 0 spiro atoms. The lowest BCUT2D eigenvalue weighted by Gasteiger charge is -2.19. The van der Waals surface area contributed by atoms with E-state index in [0.717, 1.165) is 7.11 Å². The van der Waals surface area contributed by atoms with Crippen molar-refractivity contribution < 1.29 is 35.5 Å². The molecule has 1 rings (SSSR count). The molecule has 1 aromatic carbocycles. The van der Waals surface area contributed by atoms with Crippen molar-refractivity contribution in [2.24, 2.45) is 5.92 Å². The Morgan fingerprint density at radius 1 is 1.29 bits per heavy atom. The molecule has 0 saturated heterocycles. The van der Waals surface area contributed by atoms with E-state index in [0.29, 0.717) is 12.1 Å². The summed E-state index contributed by atoms with van der Waals surface area (Å²) in [6.45, 7) is 3.45. The summed E-state index contributed by atoms with van der Waals surface area (Å²) in [5, 5.41) is 0. The van der Waals surface area contributed by atoms with Gasteiger partial charge in [-0.25, -0.2) is 12.8 Å². The molecule has 0 saturated carbocycles. The fourth-order valence-corrected chi connectivity index (χ4v) is 3.17. The van der Waals surface area contributed by atoms with Gasteiger partial charge < -0.3 is 4.74 Å². The number of nitrogens with one attached hydrogen (secondary N) is 1. The summed E-state index contributed by atoms with van der Waals surface area (Å²) in [7, 11) is -3.42. The number of ether oxygens (including phenoxy) is 1. The van der Waals surface area contributed by atoms with E-state index in [9.17, 15) is 30.8 Å². The van der Waals surface area contributed by atoms with Gasteiger partial charge in [-0.2, -0.15) is 17.9 Å². The fraction of sp³-hybridized carbons (Fsp3) is 0.500. The third-order valence-corrected chi connectivity index (χ3v) is 4.51. The molecule has 0 aromatic heterocycles. The van der Waals surface area contributed by atoms with Crippen LogP contribution in [0.2, 0.25) is 0 Å². The van der Waals surface area contributed by atoms with Crippen LogP contribution in [0.4, 0.5) is 17.6 Å². The van der Waals surface area contributed by atoms with Crippen LogP contribution in [0.1, 0.15) is 25.8 Å². The molecule has 24 heavy (non-hydrogen) atoms. The molecule has 0 fully saturated rings. The number of halogens is 4. The average Bonchev–Trinajstić information content (AvgIpc) is 2.43. The standard InChI is InChI=1S/C14H17F4NO4S/c1-8(2)6-12(13(20)23-3)19-24(21,22)9-4-5-11(15)10(7-9)14(16,17)18/h4-5,7-8,12,19H,6H2,1-3H3. The van der Waals surface area contributed by atoms with Gasteiger partial charge in [0.1, 0.15) is 11.9 Å². The van der Waals surface area contributed by atoms with E-state index in [4.69, 9.17) is 0 Å². The summed E-state index contributed by atoms with van der Waals surface area (Å²) in [4.78, 5) is 10.9. The third-order valence-electron chi connectivity index (χ3n) is 3.04. The van der Waals surface area contributed by atoms with Crippen LogP contribution < -0.4 is 4.72 Å². The SMILES string of the molecule is COC(=O)C(CC(C)C)NS(=O)(=O)c1ccc(F)c(C(F)(F)F)c1. The predicted molar refractivity (Wildman–Crippen MR) is 77.0 cm³/mol. The van der Waals surface area contributed by atoms with E-state index in [1.807, 2.05) is 4.72 Å². The van der Waals surface area contributed by atoms with Gasteiger partial charge in [0.2, 0.25) is 10.0 Å². The monoisotopic (exact) mass is 371 g/mol. The Morgan fingerprint density at radius 3 is 2.33 bits per heavy atom. The molecular formula is C14H17F4NO4S. The molecule has 0 amide bonds. The average molecular weight is 371 g/mol. The van der Waals surface area contributed by atoms with Gasteiger partial charge in [0.25, 0.3) is 0 Å². The number of esters is 1. The second-order valence-electron chi connectivity index (χ2n) is 5.47. The smallest absolute Gasteiger partial charge is 0.419 e. The molecule has 1 atom stereocenters. The van der Waals surface area contributed by atoms with Gasteiger partial charge in [-0.15, -0.1) is 0 Å². The van der Waals surface area contributed by atoms with Gasteiger partial charge in [-0.3, -0.25) is 4.79 Å². The molecule has 0 aliphatic rings. The normalized spacial score (nSPS) is 13.8. The first-order valence-corrected chi connectivity index (χ1v) is 8.33. The van der Waals surface area contributed by atoms with Gasteiger partial charge in [0.15, 0.2) is 0 Å². The molecule has 0 bridgehead atoms. The summed E-state index contributed by atoms with van der Waals surface area (Å²) in [5.74, 6) is -2.55. The summed E-state index contributed by atoms with van der Waals surface area (Å²) >= 11 is 0. The quantitative estimate of drug-likeness (QED) is 0.617. The highest BCUT2D eigenvalue weighted by atomic mass is 32.2. The van der Waals surface area contributed by atoms with Crippen LogP contribution in [-0.4, -0.2) is 27.5 Å². The van der Waals surface area contributed by atoms with Gasteiger partial charge in [0.05, 0.1) is 17.6 Å². The maximum atomic E-state index is 13.3. The van der Waals surface area contributed by atoms with E-state index in [-0.39, 0.29) is 18.4 Å². The van der Waals surface area contributed by atoms with Crippen molar-refractivity contribution in [1.82, 2.24) is 4.72 Å². The first-order valence-electron chi connectivity index (χ1n) is 6.85. The molecule has 1 unspecified atom stereocenters. The zero-order valence-corrected chi connectivity index (χ0v) is 14.0. The second kappa shape index (κ2) is 7.47. The number of carbonyl (C=O) groups is 1. The first-order chi connectivity index (χ1) is 10.9. The first kappa shape index (κ1) is 20.4. The third kappa shape index (κ3) is 5.17. The van der Waals surface area contributed by atoms with Crippen molar-refractivity contribution >= 4 is 16.0 Å². The van der Waals surface area contributed by atoms with Gasteiger partial charge in [-0.05, 0) is 30.5 Å². The van der Waals surface area contributed by atoms with Crippen LogP contribution in [0.25, 0.3) is 0 Å². The maximum Gasteiger partial charge on any atom is 0.419 e. The molecule has 1 aromatic rings. The minimum atomic E-state index is -5.05. The topological polar surface area (TPSA) is 72.5 Å². The molecule has 136 valence electrons. The largest absolute Gasteiger partial charge is 0.468 e. The van der Waals surface area contributed by atoms with Crippen molar-refractivity contribution in [3.63, 3.8) is 0 Å². The zero-order valence-electron chi connectivity index (χ0n) is 13.1. The predicted octanol–water partition coefficient (Wildman–Crippen LogP) is 2.71. The number of carbonyl (C=O) groups excluding carboxylic acids is 1. The van der Waals surface area contributed by atoms with Crippen molar-refractivity contribution in [3.8, 4) is 0 Å². The minimum absolute atomic E-state index is 0.0826. The highest BCUT2D eigenvalue weighted by molar-refractivity contribution is 7.89. The molecule has 0 radical (unpaired) electrons. The van der Waals surface area contributed by atoms with Gasteiger partial charge >= 0.3 is 12.1 Å². The maximum absolute atomic E-state index is 13.3. The molecule has 10 heteroatoms. The number of alkyl halides is 3. The Kier molecular flexibility index (Phi) is 6.34. The van der Waals surface area contributed by atoms with E-state index < -0.39 is 44.5 Å². The van der Waals surface area contributed by atoms with Crippen LogP contribution in [0.3, 0.4) is 0 Å². The van der Waals surface area contributed by atoms with Gasteiger partial charge in [-0.1, -0.05) is 13.8 Å². The Bertz CT molecular complexity index is 701. The number of rotatable bonds is 6. The minimum Gasteiger partial charge on any atom is -0.468 e. The van der Waals surface area contributed by atoms with E-state index in [1.165, 1.54) is 0 Å². The Balaban J connectivity index is 3.22. The van der Waals surface area contributed by atoms with E-state index in [1.54, 1.807) is 13.8 Å². The molecular weight excluding hydrogens is 354 g/mol. The fourth-order valence-electron chi connectivity index (χ4n) is 1.95. The summed E-state index contributed by atoms with van der Waals surface area (Å²) in [6, 6.07) is 0.0183. The number of sulfonamides is 1. The lowest BCUT2D eigenvalue weighted by atomic mass is 10.1. The van der Waals surface area contributed by atoms with Crippen molar-refractivity contribution in [2.45, 2.75) is 37.4 Å². The van der Waals surface area contributed by atoms with Crippen molar-refractivity contribution in [2.75, 3.05) is 7.11 Å². The molecule has 0 aliphatic heterocycles. The lowest BCUT2D eigenvalue weighted by molar-refractivity contribution is -0.143. The zero-order chi connectivity index (χ0) is 18.7. The van der Waals surface area contributed by atoms with Crippen LogP contribution in [0.5, 0.6) is 0 Å². The Morgan fingerprint density at radius 2 is 1.88 bits per heavy atom. The van der Waals surface area contributed by atoms with Crippen LogP contribution in [0, 0.1) is 11.7 Å². The van der Waals surface area contributed by atoms with Crippen LogP contribution in [0.15, 0.2) is 23.1 Å². The molecule has 0 aliphatic carbocycles. The van der Waals surface area contributed by atoms with Crippen molar-refractivity contribution in [3.05, 3.63) is 29.6 Å². The van der Waals surface area contributed by atoms with Gasteiger partial charge in [0, 0.05) is 0 Å². The van der Waals surface area contributed by atoms with Crippen LogP contribution >= 0.6 is 0 Å². The Hall–Kier alpha value is -1.68. The highest BCUT2D eigenvalue weighted by Crippen LogP contribution is 2.32. The lowest BCUT2D eigenvalue weighted by Crippen LogP contribution is -2.42. The number of benzene rings is 1. The summed E-state index contributed by atoms with van der Waals surface area (Å²) < 4.78 is 82.3. The molecule has 5 nitrogen and oxygen atoms in total. The van der Waals surface area contributed by atoms with Crippen molar-refractivity contribution in [1.29, 1.82) is 0 Å². The molecule has 1 N–H and O–H groups in total. The highest BCUT2D eigenvalue weighted by Gasteiger charge is 2.36. The number of hydrogen-bond donors (Lipinski definition) is 1. The number of methoxy groups -OCH3 is 1. The van der Waals surface area contributed by atoms with E-state index in [2.05, 4.69) is 4.74 Å². The van der Waals surface area contributed by atoms with E-state index >= 15 is 0 Å².